The lowest BCUT2D eigenvalue weighted by Crippen LogP contribution is -2.48. The molecule has 0 saturated heterocycles. The quantitative estimate of drug-likeness (QED) is 0.266. The number of amides is 2. The summed E-state index contributed by atoms with van der Waals surface area (Å²) in [6.07, 6.45) is 1.86. The molecule has 8 nitrogen and oxygen atoms in total. The number of unbranched alkanes of at least 4 members (excludes halogenated alkanes) is 1. The van der Waals surface area contributed by atoms with E-state index in [4.69, 9.17) is 4.74 Å². The molecule has 2 amide bonds. The Labute approximate surface area is 198 Å². The summed E-state index contributed by atoms with van der Waals surface area (Å²) in [5.41, 5.74) is 1.83. The standard InChI is InChI=1S/C24H31N3O5S/c1-4-5-14-25-24(29)18(2)26(15-19-8-12-22(32-3)13-9-19)23(28)17-33-16-20-6-10-21(11-7-20)27(30)31/h6-13,18H,4-5,14-17H2,1-3H3,(H,25,29)/t18-/m0/s1. The number of carbonyl (C=O) groups is 2. The van der Waals surface area contributed by atoms with Gasteiger partial charge in [0.15, 0.2) is 0 Å². The van der Waals surface area contributed by atoms with Crippen LogP contribution in [-0.2, 0) is 21.9 Å². The number of non-ortho nitro benzene ring substituents is 1. The first-order valence-electron chi connectivity index (χ1n) is 10.9. The second kappa shape index (κ2) is 13.5. The minimum Gasteiger partial charge on any atom is -0.497 e. The summed E-state index contributed by atoms with van der Waals surface area (Å²) in [4.78, 5) is 37.7. The van der Waals surface area contributed by atoms with E-state index in [1.54, 1.807) is 31.1 Å². The van der Waals surface area contributed by atoms with Gasteiger partial charge in [-0.15, -0.1) is 11.8 Å². The average molecular weight is 474 g/mol. The number of nitrogens with zero attached hydrogens (tertiary/aromatic N) is 2. The molecule has 1 atom stereocenters. The number of nitro groups is 1. The lowest BCUT2D eigenvalue weighted by molar-refractivity contribution is -0.384. The molecule has 0 fully saturated rings. The van der Waals surface area contributed by atoms with Gasteiger partial charge in [-0.2, -0.15) is 0 Å². The van der Waals surface area contributed by atoms with Crippen molar-refractivity contribution in [3.8, 4) is 5.75 Å². The van der Waals surface area contributed by atoms with E-state index >= 15 is 0 Å². The SMILES string of the molecule is CCCCNC(=O)[C@H](C)N(Cc1ccc(OC)cc1)C(=O)CSCc1ccc([N+](=O)[O-])cc1. The maximum absolute atomic E-state index is 13.1. The molecule has 178 valence electrons. The normalized spacial score (nSPS) is 11.5. The average Bonchev–Trinajstić information content (AvgIpc) is 2.82. The monoisotopic (exact) mass is 473 g/mol. The molecule has 0 heterocycles. The minimum atomic E-state index is -0.614. The fourth-order valence-electron chi connectivity index (χ4n) is 3.10. The third kappa shape index (κ3) is 8.42. The van der Waals surface area contributed by atoms with Crippen molar-refractivity contribution in [2.24, 2.45) is 0 Å². The summed E-state index contributed by atoms with van der Waals surface area (Å²) in [6, 6.07) is 13.1. The van der Waals surface area contributed by atoms with Gasteiger partial charge in [0.1, 0.15) is 11.8 Å². The Morgan fingerprint density at radius 3 is 2.33 bits per heavy atom. The van der Waals surface area contributed by atoms with Crippen LogP contribution in [0.4, 0.5) is 5.69 Å². The zero-order valence-electron chi connectivity index (χ0n) is 19.3. The Morgan fingerprint density at radius 1 is 1.12 bits per heavy atom. The van der Waals surface area contributed by atoms with E-state index in [-0.39, 0.29) is 23.3 Å². The maximum atomic E-state index is 13.1. The summed E-state index contributed by atoms with van der Waals surface area (Å²) < 4.78 is 5.19. The summed E-state index contributed by atoms with van der Waals surface area (Å²) in [7, 11) is 1.59. The van der Waals surface area contributed by atoms with Crippen molar-refractivity contribution in [3.05, 3.63) is 69.8 Å². The Morgan fingerprint density at radius 2 is 1.76 bits per heavy atom. The largest absolute Gasteiger partial charge is 0.497 e. The zero-order chi connectivity index (χ0) is 24.2. The number of hydrogen-bond donors (Lipinski definition) is 1. The molecule has 2 aromatic carbocycles. The number of thioether (sulfide) groups is 1. The molecule has 2 aromatic rings. The Hall–Kier alpha value is -3.07. The van der Waals surface area contributed by atoms with Gasteiger partial charge in [-0.1, -0.05) is 37.6 Å². The van der Waals surface area contributed by atoms with E-state index in [2.05, 4.69) is 12.2 Å². The number of methoxy groups -OCH3 is 1. The van der Waals surface area contributed by atoms with Crippen molar-refractivity contribution in [2.45, 2.75) is 45.0 Å². The molecule has 33 heavy (non-hydrogen) atoms. The first-order valence-corrected chi connectivity index (χ1v) is 12.0. The number of ether oxygens (including phenoxy) is 1. The molecular formula is C24H31N3O5S. The second-order valence-electron chi connectivity index (χ2n) is 7.61. The van der Waals surface area contributed by atoms with Crippen molar-refractivity contribution in [3.63, 3.8) is 0 Å². The minimum absolute atomic E-state index is 0.0356. The van der Waals surface area contributed by atoms with Crippen LogP contribution in [0.5, 0.6) is 5.75 Å². The van der Waals surface area contributed by atoms with Gasteiger partial charge in [-0.05, 0) is 36.6 Å². The van der Waals surface area contributed by atoms with Crippen molar-refractivity contribution >= 4 is 29.3 Å². The van der Waals surface area contributed by atoms with E-state index in [1.807, 2.05) is 24.3 Å². The number of hydrogen-bond acceptors (Lipinski definition) is 6. The fraction of sp³-hybridized carbons (Fsp3) is 0.417. The van der Waals surface area contributed by atoms with E-state index in [1.165, 1.54) is 23.9 Å². The smallest absolute Gasteiger partial charge is 0.269 e. The number of carbonyl (C=O) groups excluding carboxylic acids is 2. The van der Waals surface area contributed by atoms with E-state index in [0.717, 1.165) is 29.7 Å². The first kappa shape index (κ1) is 26.2. The molecule has 0 radical (unpaired) electrons. The molecule has 0 spiro atoms. The van der Waals surface area contributed by atoms with Crippen LogP contribution in [0.25, 0.3) is 0 Å². The van der Waals surface area contributed by atoms with Gasteiger partial charge in [0.05, 0.1) is 17.8 Å². The highest BCUT2D eigenvalue weighted by atomic mass is 32.2. The topological polar surface area (TPSA) is 102 Å². The van der Waals surface area contributed by atoms with Crippen LogP contribution in [0.3, 0.4) is 0 Å². The zero-order valence-corrected chi connectivity index (χ0v) is 20.1. The summed E-state index contributed by atoms with van der Waals surface area (Å²) >= 11 is 1.41. The van der Waals surface area contributed by atoms with Crippen LogP contribution in [-0.4, -0.2) is 47.1 Å². The maximum Gasteiger partial charge on any atom is 0.269 e. The number of nitrogens with one attached hydrogen (secondary N) is 1. The summed E-state index contributed by atoms with van der Waals surface area (Å²) in [5.74, 6) is 1.14. The van der Waals surface area contributed by atoms with Crippen molar-refractivity contribution < 1.29 is 19.2 Å². The van der Waals surface area contributed by atoms with Gasteiger partial charge in [-0.3, -0.25) is 19.7 Å². The highest BCUT2D eigenvalue weighted by molar-refractivity contribution is 7.99. The first-order chi connectivity index (χ1) is 15.8. The molecule has 2 rings (SSSR count). The molecule has 1 N–H and O–H groups in total. The Balaban J connectivity index is 2.03. The molecule has 0 aliphatic rings. The third-order valence-corrected chi connectivity index (χ3v) is 6.14. The van der Waals surface area contributed by atoms with E-state index < -0.39 is 11.0 Å². The van der Waals surface area contributed by atoms with Crippen molar-refractivity contribution in [1.82, 2.24) is 10.2 Å². The Kier molecular flexibility index (Phi) is 10.7. The van der Waals surface area contributed by atoms with Crippen LogP contribution >= 0.6 is 11.8 Å². The fourth-order valence-corrected chi connectivity index (χ4v) is 3.97. The summed E-state index contributed by atoms with van der Waals surface area (Å²) in [5, 5.41) is 13.7. The van der Waals surface area contributed by atoms with Crippen LogP contribution in [0.2, 0.25) is 0 Å². The predicted molar refractivity (Wildman–Crippen MR) is 130 cm³/mol. The van der Waals surface area contributed by atoms with Crippen LogP contribution in [0, 0.1) is 10.1 Å². The van der Waals surface area contributed by atoms with Gasteiger partial charge < -0.3 is 15.0 Å². The molecule has 0 unspecified atom stereocenters. The summed E-state index contributed by atoms with van der Waals surface area (Å²) in [6.45, 7) is 4.68. The van der Waals surface area contributed by atoms with Gasteiger partial charge >= 0.3 is 0 Å². The lowest BCUT2D eigenvalue weighted by atomic mass is 10.1. The number of rotatable bonds is 13. The van der Waals surface area contributed by atoms with E-state index in [9.17, 15) is 19.7 Å². The molecule has 0 aliphatic heterocycles. The second-order valence-corrected chi connectivity index (χ2v) is 8.59. The predicted octanol–water partition coefficient (Wildman–Crippen LogP) is 4.17. The van der Waals surface area contributed by atoms with Gasteiger partial charge in [0.25, 0.3) is 5.69 Å². The van der Waals surface area contributed by atoms with Gasteiger partial charge in [-0.25, -0.2) is 0 Å². The van der Waals surface area contributed by atoms with Crippen LogP contribution in [0.1, 0.15) is 37.8 Å². The molecule has 0 bridgehead atoms. The van der Waals surface area contributed by atoms with Crippen molar-refractivity contribution in [1.29, 1.82) is 0 Å². The van der Waals surface area contributed by atoms with Crippen molar-refractivity contribution in [2.75, 3.05) is 19.4 Å². The molecule has 0 aromatic heterocycles. The number of benzene rings is 2. The number of nitro benzene ring substituents is 1. The lowest BCUT2D eigenvalue weighted by Gasteiger charge is -2.29. The Bertz CT molecular complexity index is 919. The van der Waals surface area contributed by atoms with E-state index in [0.29, 0.717) is 18.8 Å². The van der Waals surface area contributed by atoms with Crippen LogP contribution in [0.15, 0.2) is 48.5 Å². The van der Waals surface area contributed by atoms with Gasteiger partial charge in [0, 0.05) is 31.0 Å². The molecular weight excluding hydrogens is 442 g/mol. The highest BCUT2D eigenvalue weighted by Crippen LogP contribution is 2.19. The van der Waals surface area contributed by atoms with Gasteiger partial charge in [0.2, 0.25) is 11.8 Å². The molecule has 9 heteroatoms. The molecule has 0 saturated carbocycles. The highest BCUT2D eigenvalue weighted by Gasteiger charge is 2.25. The van der Waals surface area contributed by atoms with Crippen LogP contribution < -0.4 is 10.1 Å². The third-order valence-electron chi connectivity index (χ3n) is 5.15. The molecule has 0 aliphatic carbocycles.